The van der Waals surface area contributed by atoms with E-state index in [2.05, 4.69) is 35.0 Å². The van der Waals surface area contributed by atoms with Crippen molar-refractivity contribution in [3.63, 3.8) is 0 Å². The third-order valence-corrected chi connectivity index (χ3v) is 3.76. The minimum atomic E-state index is 1.01. The third-order valence-electron chi connectivity index (χ3n) is 3.76. The first-order valence-corrected chi connectivity index (χ1v) is 6.28. The maximum atomic E-state index is 2.36. The first-order chi connectivity index (χ1) is 6.48. The zero-order chi connectivity index (χ0) is 10.8. The highest BCUT2D eigenvalue weighted by Crippen LogP contribution is 2.45. The Hall–Kier alpha value is -0.0400. The summed E-state index contributed by atoms with van der Waals surface area (Å²) in [7, 11) is 6.98. The summed E-state index contributed by atoms with van der Waals surface area (Å²) in [5.74, 6) is 3.09. The van der Waals surface area contributed by atoms with Crippen molar-refractivity contribution in [2.45, 2.75) is 39.5 Å². The zero-order valence-corrected chi connectivity index (χ0v) is 10.7. The smallest absolute Gasteiger partial charge is 0.0814 e. The summed E-state index contributed by atoms with van der Waals surface area (Å²) in [5.41, 5.74) is 0. The minimum absolute atomic E-state index is 1.01. The Balaban J connectivity index is 2.44. The summed E-state index contributed by atoms with van der Waals surface area (Å²) < 4.78 is 1.14. The lowest BCUT2D eigenvalue weighted by Crippen LogP contribution is -2.49. The van der Waals surface area contributed by atoms with Crippen molar-refractivity contribution in [3.05, 3.63) is 0 Å². The van der Waals surface area contributed by atoms with Crippen molar-refractivity contribution < 1.29 is 4.48 Å². The molecule has 1 heteroatoms. The minimum Gasteiger partial charge on any atom is -0.331 e. The number of hydrogen-bond acceptors (Lipinski definition) is 0. The maximum Gasteiger partial charge on any atom is 0.0814 e. The summed E-state index contributed by atoms with van der Waals surface area (Å²) in [6.07, 6.45) is 5.73. The monoisotopic (exact) mass is 198 g/mol. The van der Waals surface area contributed by atoms with E-state index in [0.717, 1.165) is 22.2 Å². The molecule has 0 aliphatic heterocycles. The highest BCUT2D eigenvalue weighted by atomic mass is 15.3. The molecule has 1 nitrogen and oxygen atoms in total. The lowest BCUT2D eigenvalue weighted by molar-refractivity contribution is -0.876. The lowest BCUT2D eigenvalue weighted by atomic mass is 9.62. The highest BCUT2D eigenvalue weighted by molar-refractivity contribution is 4.87. The van der Waals surface area contributed by atoms with Gasteiger partial charge in [-0.1, -0.05) is 33.1 Å². The summed E-state index contributed by atoms with van der Waals surface area (Å²) in [6.45, 7) is 6.06. The number of hydrogen-bond donors (Lipinski definition) is 0. The molecule has 0 N–H and O–H groups in total. The molecule has 84 valence electrons. The van der Waals surface area contributed by atoms with Crippen molar-refractivity contribution in [1.29, 1.82) is 0 Å². The fourth-order valence-electron chi connectivity index (χ4n) is 3.03. The van der Waals surface area contributed by atoms with Crippen LogP contribution >= 0.6 is 0 Å². The molecule has 1 aliphatic carbocycles. The Labute approximate surface area is 90.1 Å². The Morgan fingerprint density at radius 2 is 1.71 bits per heavy atom. The van der Waals surface area contributed by atoms with E-state index in [1.165, 1.54) is 32.2 Å². The molecule has 0 bridgehead atoms. The second-order valence-electron chi connectivity index (χ2n) is 6.09. The van der Waals surface area contributed by atoms with Crippen LogP contribution in [0.25, 0.3) is 0 Å². The first kappa shape index (κ1) is 12.0. The van der Waals surface area contributed by atoms with Gasteiger partial charge in [0.15, 0.2) is 0 Å². The van der Waals surface area contributed by atoms with Gasteiger partial charge in [0.05, 0.1) is 27.7 Å². The predicted octanol–water partition coefficient (Wildman–Crippen LogP) is 3.16. The molecule has 1 aliphatic rings. The molecule has 0 radical (unpaired) electrons. The van der Waals surface area contributed by atoms with Crippen LogP contribution in [0.4, 0.5) is 0 Å². The van der Waals surface area contributed by atoms with Gasteiger partial charge in [-0.3, -0.25) is 0 Å². The van der Waals surface area contributed by atoms with E-state index in [1.807, 2.05) is 0 Å². The van der Waals surface area contributed by atoms with E-state index in [0.29, 0.717) is 0 Å². The van der Waals surface area contributed by atoms with Crippen LogP contribution < -0.4 is 0 Å². The first-order valence-electron chi connectivity index (χ1n) is 6.28. The van der Waals surface area contributed by atoms with Gasteiger partial charge in [0.25, 0.3) is 0 Å². The van der Waals surface area contributed by atoms with Gasteiger partial charge in [-0.15, -0.1) is 0 Å². The van der Waals surface area contributed by atoms with Crippen LogP contribution in [0, 0.1) is 17.8 Å². The van der Waals surface area contributed by atoms with Gasteiger partial charge in [-0.2, -0.15) is 0 Å². The van der Waals surface area contributed by atoms with Gasteiger partial charge in [0.2, 0.25) is 0 Å². The van der Waals surface area contributed by atoms with Crippen molar-refractivity contribution in [2.24, 2.45) is 17.8 Å². The van der Waals surface area contributed by atoms with Crippen LogP contribution in [-0.2, 0) is 0 Å². The quantitative estimate of drug-likeness (QED) is 0.595. The van der Waals surface area contributed by atoms with Crippen LogP contribution in [0.3, 0.4) is 0 Å². The Morgan fingerprint density at radius 3 is 2.14 bits per heavy atom. The van der Waals surface area contributed by atoms with Crippen LogP contribution in [-0.4, -0.2) is 32.2 Å². The van der Waals surface area contributed by atoms with E-state index in [9.17, 15) is 0 Å². The maximum absolute atomic E-state index is 2.36. The van der Waals surface area contributed by atoms with Crippen molar-refractivity contribution in [2.75, 3.05) is 27.7 Å². The fraction of sp³-hybridized carbons (Fsp3) is 1.00. The summed E-state index contributed by atoms with van der Waals surface area (Å²) in [4.78, 5) is 0. The summed E-state index contributed by atoms with van der Waals surface area (Å²) in [6, 6.07) is 0. The fourth-order valence-corrected chi connectivity index (χ4v) is 3.03. The van der Waals surface area contributed by atoms with Crippen LogP contribution in [0.2, 0.25) is 0 Å². The van der Waals surface area contributed by atoms with E-state index in [4.69, 9.17) is 0 Å². The predicted molar refractivity (Wildman–Crippen MR) is 63.2 cm³/mol. The number of rotatable bonds is 5. The van der Waals surface area contributed by atoms with Gasteiger partial charge >= 0.3 is 0 Å². The Morgan fingerprint density at radius 1 is 1.07 bits per heavy atom. The normalized spacial score (nSPS) is 32.8. The van der Waals surface area contributed by atoms with Crippen LogP contribution in [0.5, 0.6) is 0 Å². The molecular formula is C13H28N+. The van der Waals surface area contributed by atoms with E-state index in [-0.39, 0.29) is 0 Å². The molecule has 1 saturated carbocycles. The van der Waals surface area contributed by atoms with Gasteiger partial charge in [0, 0.05) is 5.92 Å². The standard InChI is InChI=1S/C13H28N/c1-6-8-12-9-11(7-2)13(12)10-14(3,4)5/h11-13H,6-10H2,1-5H3/q+1. The van der Waals surface area contributed by atoms with Crippen LogP contribution in [0.15, 0.2) is 0 Å². The highest BCUT2D eigenvalue weighted by Gasteiger charge is 2.41. The molecule has 0 aromatic heterocycles. The molecule has 3 atom stereocenters. The lowest BCUT2D eigenvalue weighted by Gasteiger charge is -2.47. The molecule has 1 fully saturated rings. The SMILES string of the molecule is CCCC1CC(CC)C1C[N+](C)(C)C. The third kappa shape index (κ3) is 2.98. The molecule has 0 aromatic rings. The molecule has 1 rings (SSSR count). The molecular weight excluding hydrogens is 170 g/mol. The van der Waals surface area contributed by atoms with Crippen molar-refractivity contribution in [3.8, 4) is 0 Å². The summed E-state index contributed by atoms with van der Waals surface area (Å²) >= 11 is 0. The second kappa shape index (κ2) is 4.65. The number of quaternary nitrogens is 1. The molecule has 0 heterocycles. The van der Waals surface area contributed by atoms with E-state index < -0.39 is 0 Å². The second-order valence-corrected chi connectivity index (χ2v) is 6.09. The van der Waals surface area contributed by atoms with Gasteiger partial charge in [-0.25, -0.2) is 0 Å². The average molecular weight is 198 g/mol. The Kier molecular flexibility index (Phi) is 4.00. The van der Waals surface area contributed by atoms with E-state index in [1.54, 1.807) is 0 Å². The topological polar surface area (TPSA) is 0 Å². The van der Waals surface area contributed by atoms with Crippen LogP contribution in [0.1, 0.15) is 39.5 Å². The Bertz CT molecular complexity index is 169. The average Bonchev–Trinajstić information content (AvgIpc) is 2.06. The molecule has 0 saturated heterocycles. The number of nitrogens with zero attached hydrogens (tertiary/aromatic N) is 1. The van der Waals surface area contributed by atoms with Crippen molar-refractivity contribution in [1.82, 2.24) is 0 Å². The zero-order valence-electron chi connectivity index (χ0n) is 10.7. The van der Waals surface area contributed by atoms with Crippen molar-refractivity contribution >= 4 is 0 Å². The van der Waals surface area contributed by atoms with E-state index >= 15 is 0 Å². The molecule has 3 unspecified atom stereocenters. The van der Waals surface area contributed by atoms with Gasteiger partial charge in [0.1, 0.15) is 0 Å². The van der Waals surface area contributed by atoms with Gasteiger partial charge in [-0.05, 0) is 18.3 Å². The molecule has 0 spiro atoms. The summed E-state index contributed by atoms with van der Waals surface area (Å²) in [5, 5.41) is 0. The molecule has 14 heavy (non-hydrogen) atoms. The largest absolute Gasteiger partial charge is 0.331 e. The molecule has 0 aromatic carbocycles. The molecule has 0 amide bonds. The van der Waals surface area contributed by atoms with Gasteiger partial charge < -0.3 is 4.48 Å².